The van der Waals surface area contributed by atoms with Gasteiger partial charge in [0.15, 0.2) is 0 Å². The quantitative estimate of drug-likeness (QED) is 0.838. The summed E-state index contributed by atoms with van der Waals surface area (Å²) in [6.45, 7) is 3.25. The highest BCUT2D eigenvalue weighted by Crippen LogP contribution is 2.38. The fraction of sp³-hybridized carbons (Fsp3) is 0.444. The number of anilines is 2. The van der Waals surface area contributed by atoms with E-state index < -0.39 is 0 Å². The van der Waals surface area contributed by atoms with Crippen molar-refractivity contribution in [2.24, 2.45) is 5.92 Å². The molecule has 3 heterocycles. The Kier molecular flexibility index (Phi) is 2.85. The number of hydrogen-bond acceptors (Lipinski definition) is 5. The maximum atomic E-state index is 6.08. The Morgan fingerprint density at radius 2 is 2.04 bits per heavy atom. The second-order valence-corrected chi connectivity index (χ2v) is 6.92. The smallest absolute Gasteiger partial charge is 0.222 e. The van der Waals surface area contributed by atoms with Crippen molar-refractivity contribution in [3.8, 4) is 11.3 Å². The minimum atomic E-state index is 0.391. The van der Waals surface area contributed by atoms with Crippen molar-refractivity contribution in [3.05, 3.63) is 35.4 Å². The topological polar surface area (TPSA) is 67.1 Å². The van der Waals surface area contributed by atoms with E-state index in [0.717, 1.165) is 56.3 Å². The lowest BCUT2D eigenvalue weighted by Crippen LogP contribution is -2.51. The van der Waals surface area contributed by atoms with Crippen LogP contribution < -0.4 is 16.0 Å². The van der Waals surface area contributed by atoms with E-state index in [1.807, 2.05) is 0 Å². The Hall–Kier alpha value is -2.14. The number of aromatic nitrogens is 2. The molecule has 2 aliphatic heterocycles. The molecule has 1 aromatic heterocycles. The number of rotatable bonds is 1. The minimum absolute atomic E-state index is 0.391. The minimum Gasteiger partial charge on any atom is -0.368 e. The summed E-state index contributed by atoms with van der Waals surface area (Å²) in [6.07, 6.45) is 3.26. The van der Waals surface area contributed by atoms with E-state index in [9.17, 15) is 0 Å². The number of nitrogen functional groups attached to an aromatic ring is 1. The molecule has 2 aromatic rings. The molecule has 23 heavy (non-hydrogen) atoms. The Bertz CT molecular complexity index is 760. The summed E-state index contributed by atoms with van der Waals surface area (Å²) >= 11 is 0. The molecule has 5 nitrogen and oxygen atoms in total. The van der Waals surface area contributed by atoms with Crippen molar-refractivity contribution in [2.45, 2.75) is 25.3 Å². The van der Waals surface area contributed by atoms with E-state index in [1.165, 1.54) is 16.7 Å². The molecule has 2 fully saturated rings. The highest BCUT2D eigenvalue weighted by molar-refractivity contribution is 5.74. The van der Waals surface area contributed by atoms with Gasteiger partial charge in [-0.25, -0.2) is 4.98 Å². The number of nitrogens with zero attached hydrogens (tertiary/aromatic N) is 3. The van der Waals surface area contributed by atoms with Gasteiger partial charge in [-0.1, -0.05) is 24.3 Å². The third-order valence-corrected chi connectivity index (χ3v) is 5.53. The monoisotopic (exact) mass is 307 g/mol. The lowest BCUT2D eigenvalue weighted by molar-refractivity contribution is 0.297. The lowest BCUT2D eigenvalue weighted by Gasteiger charge is -2.29. The van der Waals surface area contributed by atoms with Gasteiger partial charge < -0.3 is 16.0 Å². The van der Waals surface area contributed by atoms with Crippen LogP contribution in [0.3, 0.4) is 0 Å². The van der Waals surface area contributed by atoms with Gasteiger partial charge >= 0.3 is 0 Å². The molecule has 0 spiro atoms. The maximum absolute atomic E-state index is 6.08. The first kappa shape index (κ1) is 13.3. The van der Waals surface area contributed by atoms with Crippen LogP contribution in [0.5, 0.6) is 0 Å². The van der Waals surface area contributed by atoms with Gasteiger partial charge in [0.2, 0.25) is 5.95 Å². The van der Waals surface area contributed by atoms with Crippen molar-refractivity contribution in [2.75, 3.05) is 30.3 Å². The molecule has 5 heteroatoms. The van der Waals surface area contributed by atoms with Crippen LogP contribution in [0.4, 0.5) is 11.8 Å². The average molecular weight is 307 g/mol. The molecule has 5 rings (SSSR count). The number of nitrogens with two attached hydrogens (primary N) is 1. The van der Waals surface area contributed by atoms with Crippen molar-refractivity contribution in [1.82, 2.24) is 15.3 Å². The van der Waals surface area contributed by atoms with Gasteiger partial charge in [-0.2, -0.15) is 4.98 Å². The molecular weight excluding hydrogens is 286 g/mol. The van der Waals surface area contributed by atoms with Crippen LogP contribution in [0.1, 0.15) is 17.5 Å². The SMILES string of the molecule is Nc1nc2c(c(N3CC4CNC4C3)n1)CCCc1ccccc1-2. The second-order valence-electron chi connectivity index (χ2n) is 6.92. The molecule has 3 aliphatic rings. The molecular formula is C18H21N5. The van der Waals surface area contributed by atoms with Crippen LogP contribution in [0.25, 0.3) is 11.3 Å². The number of aryl methyl sites for hydroxylation is 1. The molecule has 0 saturated carbocycles. The largest absolute Gasteiger partial charge is 0.368 e. The number of fused-ring (bicyclic) bond motifs is 4. The van der Waals surface area contributed by atoms with E-state index >= 15 is 0 Å². The number of nitrogens with one attached hydrogen (secondary N) is 1. The lowest BCUT2D eigenvalue weighted by atomic mass is 9.96. The van der Waals surface area contributed by atoms with Gasteiger partial charge in [-0.3, -0.25) is 0 Å². The molecule has 0 bridgehead atoms. The Labute approximate surface area is 135 Å². The predicted molar refractivity (Wildman–Crippen MR) is 91.4 cm³/mol. The summed E-state index contributed by atoms with van der Waals surface area (Å²) in [7, 11) is 0. The van der Waals surface area contributed by atoms with Crippen molar-refractivity contribution in [1.29, 1.82) is 0 Å². The van der Waals surface area contributed by atoms with Gasteiger partial charge in [0.1, 0.15) is 5.82 Å². The van der Waals surface area contributed by atoms with Crippen molar-refractivity contribution < 1.29 is 0 Å². The third kappa shape index (κ3) is 2.03. The first-order valence-electron chi connectivity index (χ1n) is 8.52. The molecule has 2 saturated heterocycles. The normalized spacial score (nSPS) is 25.1. The summed E-state index contributed by atoms with van der Waals surface area (Å²) in [6, 6.07) is 9.21. The van der Waals surface area contributed by atoms with Crippen LogP contribution in [-0.4, -0.2) is 35.6 Å². The van der Waals surface area contributed by atoms with Crippen LogP contribution in [0, 0.1) is 5.92 Å². The summed E-state index contributed by atoms with van der Waals surface area (Å²) < 4.78 is 0. The van der Waals surface area contributed by atoms with Gasteiger partial charge in [0.05, 0.1) is 5.69 Å². The zero-order valence-electron chi connectivity index (χ0n) is 13.1. The summed E-state index contributed by atoms with van der Waals surface area (Å²) in [5, 5.41) is 3.51. The zero-order valence-corrected chi connectivity index (χ0v) is 13.1. The predicted octanol–water partition coefficient (Wildman–Crippen LogP) is 1.62. The summed E-state index contributed by atoms with van der Waals surface area (Å²) in [5.74, 6) is 2.22. The van der Waals surface area contributed by atoms with E-state index in [0.29, 0.717) is 12.0 Å². The van der Waals surface area contributed by atoms with Crippen LogP contribution >= 0.6 is 0 Å². The van der Waals surface area contributed by atoms with Crippen molar-refractivity contribution in [3.63, 3.8) is 0 Å². The standard InChI is InChI=1S/C18H21N5/c19-18-21-16-13-6-2-1-4-11(13)5-3-7-14(16)17(22-18)23-9-12-8-20-15(12)10-23/h1-2,4,6,12,15,20H,3,5,7-10H2,(H2,19,21,22). The molecule has 0 radical (unpaired) electrons. The molecule has 1 aromatic carbocycles. The average Bonchev–Trinajstić information content (AvgIpc) is 2.73. The molecule has 1 aliphatic carbocycles. The molecule has 0 amide bonds. The van der Waals surface area contributed by atoms with E-state index in [2.05, 4.69) is 44.5 Å². The fourth-order valence-electron chi connectivity index (χ4n) is 4.25. The van der Waals surface area contributed by atoms with Gasteiger partial charge in [0, 0.05) is 42.7 Å². The zero-order chi connectivity index (χ0) is 15.4. The Balaban J connectivity index is 1.66. The van der Waals surface area contributed by atoms with Gasteiger partial charge in [0.25, 0.3) is 0 Å². The number of hydrogen-bond donors (Lipinski definition) is 2. The molecule has 2 unspecified atom stereocenters. The van der Waals surface area contributed by atoms with Crippen molar-refractivity contribution >= 4 is 11.8 Å². The number of benzene rings is 1. The van der Waals surface area contributed by atoms with Crippen LogP contribution in [0.15, 0.2) is 24.3 Å². The van der Waals surface area contributed by atoms with E-state index in [-0.39, 0.29) is 0 Å². The first-order valence-corrected chi connectivity index (χ1v) is 8.52. The van der Waals surface area contributed by atoms with Gasteiger partial charge in [-0.15, -0.1) is 0 Å². The van der Waals surface area contributed by atoms with E-state index in [4.69, 9.17) is 5.73 Å². The van der Waals surface area contributed by atoms with Gasteiger partial charge in [-0.05, 0) is 24.8 Å². The summed E-state index contributed by atoms with van der Waals surface area (Å²) in [4.78, 5) is 11.7. The van der Waals surface area contributed by atoms with Crippen LogP contribution in [-0.2, 0) is 12.8 Å². The summed E-state index contributed by atoms with van der Waals surface area (Å²) in [5.41, 5.74) is 11.0. The highest BCUT2D eigenvalue weighted by atomic mass is 15.3. The fourth-order valence-corrected chi connectivity index (χ4v) is 4.25. The molecule has 3 N–H and O–H groups in total. The Morgan fingerprint density at radius 1 is 1.13 bits per heavy atom. The highest BCUT2D eigenvalue weighted by Gasteiger charge is 2.40. The van der Waals surface area contributed by atoms with Crippen LogP contribution in [0.2, 0.25) is 0 Å². The third-order valence-electron chi connectivity index (χ3n) is 5.53. The Morgan fingerprint density at radius 3 is 2.83 bits per heavy atom. The first-order chi connectivity index (χ1) is 11.3. The van der Waals surface area contributed by atoms with E-state index in [1.54, 1.807) is 0 Å². The maximum Gasteiger partial charge on any atom is 0.222 e. The molecule has 2 atom stereocenters. The second kappa shape index (κ2) is 4.93. The molecule has 118 valence electrons.